The molecule has 0 spiro atoms. The topological polar surface area (TPSA) is 50.9 Å². The van der Waals surface area contributed by atoms with Gasteiger partial charge in [-0.25, -0.2) is 13.8 Å². The van der Waals surface area contributed by atoms with Gasteiger partial charge in [0.1, 0.15) is 11.6 Å². The fraction of sp³-hybridized carbons (Fsp3) is 0.250. The summed E-state index contributed by atoms with van der Waals surface area (Å²) in [5.74, 6) is 4.55. The molecule has 3 N–H and O–H groups in total. The quantitative estimate of drug-likeness (QED) is 0.662. The summed E-state index contributed by atoms with van der Waals surface area (Å²) in [6.45, 7) is 1.88. The van der Waals surface area contributed by atoms with Gasteiger partial charge in [-0.2, -0.15) is 0 Å². The van der Waals surface area contributed by atoms with Crippen molar-refractivity contribution in [2.45, 2.75) is 19.4 Å². The molecule has 0 aliphatic rings. The van der Waals surface area contributed by atoms with Crippen LogP contribution >= 0.6 is 11.3 Å². The maximum atomic E-state index is 13.5. The number of hydrogen-bond acceptors (Lipinski definition) is 4. The maximum absolute atomic E-state index is 13.5. The molecule has 1 unspecified atom stereocenters. The number of rotatable bonds is 4. The van der Waals surface area contributed by atoms with Gasteiger partial charge in [0.15, 0.2) is 0 Å². The first-order valence-corrected chi connectivity index (χ1v) is 6.30. The number of thiazole rings is 1. The zero-order chi connectivity index (χ0) is 13.1. The van der Waals surface area contributed by atoms with E-state index in [4.69, 9.17) is 5.84 Å². The van der Waals surface area contributed by atoms with E-state index in [1.807, 2.05) is 12.3 Å². The summed E-state index contributed by atoms with van der Waals surface area (Å²) in [5, 5.41) is 2.77. The normalized spacial score (nSPS) is 12.7. The largest absolute Gasteiger partial charge is 0.271 e. The second-order valence-electron chi connectivity index (χ2n) is 3.95. The molecule has 0 fully saturated rings. The molecule has 0 aliphatic heterocycles. The summed E-state index contributed by atoms with van der Waals surface area (Å²) >= 11 is 1.49. The molecule has 0 saturated carbocycles. The van der Waals surface area contributed by atoms with Crippen LogP contribution in [0.3, 0.4) is 0 Å². The van der Waals surface area contributed by atoms with Crippen molar-refractivity contribution < 1.29 is 8.78 Å². The highest BCUT2D eigenvalue weighted by atomic mass is 32.1. The number of aryl methyl sites for hydroxylation is 1. The second-order valence-corrected chi connectivity index (χ2v) is 5.01. The van der Waals surface area contributed by atoms with Crippen molar-refractivity contribution in [1.29, 1.82) is 0 Å². The molecule has 0 aliphatic carbocycles. The molecule has 18 heavy (non-hydrogen) atoms. The van der Waals surface area contributed by atoms with Gasteiger partial charge in [-0.3, -0.25) is 11.3 Å². The van der Waals surface area contributed by atoms with Crippen molar-refractivity contribution in [3.05, 3.63) is 51.5 Å². The lowest BCUT2D eigenvalue weighted by Crippen LogP contribution is -2.30. The van der Waals surface area contributed by atoms with Crippen LogP contribution in [-0.4, -0.2) is 4.98 Å². The Morgan fingerprint density at radius 3 is 2.83 bits per heavy atom. The fourth-order valence-electron chi connectivity index (χ4n) is 1.71. The first-order valence-electron chi connectivity index (χ1n) is 5.42. The lowest BCUT2D eigenvalue weighted by Gasteiger charge is -2.14. The van der Waals surface area contributed by atoms with Crippen LogP contribution in [0.5, 0.6) is 0 Å². The molecular formula is C12H13F2N3S. The molecular weight excluding hydrogens is 256 g/mol. The number of benzene rings is 1. The van der Waals surface area contributed by atoms with Crippen molar-refractivity contribution in [2.75, 3.05) is 0 Å². The van der Waals surface area contributed by atoms with Gasteiger partial charge in [-0.05, 0) is 37.1 Å². The summed E-state index contributed by atoms with van der Waals surface area (Å²) < 4.78 is 26.6. The van der Waals surface area contributed by atoms with E-state index in [2.05, 4.69) is 10.4 Å². The highest BCUT2D eigenvalue weighted by Gasteiger charge is 2.16. The summed E-state index contributed by atoms with van der Waals surface area (Å²) in [4.78, 5) is 4.29. The third-order valence-corrected chi connectivity index (χ3v) is 3.42. The van der Waals surface area contributed by atoms with Crippen molar-refractivity contribution in [2.24, 2.45) is 5.84 Å². The van der Waals surface area contributed by atoms with E-state index in [1.54, 1.807) is 0 Å². The molecule has 6 heteroatoms. The minimum atomic E-state index is -0.461. The molecule has 1 heterocycles. The lowest BCUT2D eigenvalue weighted by atomic mass is 10.0. The molecule has 1 atom stereocenters. The molecule has 0 amide bonds. The number of aromatic nitrogens is 1. The molecule has 1 aromatic heterocycles. The molecule has 2 rings (SSSR count). The van der Waals surface area contributed by atoms with Crippen LogP contribution in [0.1, 0.15) is 22.3 Å². The van der Waals surface area contributed by atoms with Gasteiger partial charge >= 0.3 is 0 Å². The van der Waals surface area contributed by atoms with E-state index in [1.165, 1.54) is 17.4 Å². The van der Waals surface area contributed by atoms with Crippen LogP contribution in [0.2, 0.25) is 0 Å². The molecule has 3 nitrogen and oxygen atoms in total. The Labute approximate surface area is 108 Å². The lowest BCUT2D eigenvalue weighted by molar-refractivity contribution is 0.515. The van der Waals surface area contributed by atoms with Crippen LogP contribution in [0.15, 0.2) is 23.6 Å². The summed E-state index contributed by atoms with van der Waals surface area (Å²) in [7, 11) is 0. The van der Waals surface area contributed by atoms with Crippen molar-refractivity contribution in [3.63, 3.8) is 0 Å². The Kier molecular flexibility index (Phi) is 4.00. The number of nitrogens with zero attached hydrogens (tertiary/aromatic N) is 1. The van der Waals surface area contributed by atoms with Crippen LogP contribution in [-0.2, 0) is 6.42 Å². The summed E-state index contributed by atoms with van der Waals surface area (Å²) in [6, 6.07) is 3.06. The Morgan fingerprint density at radius 2 is 2.22 bits per heavy atom. The van der Waals surface area contributed by atoms with Crippen molar-refractivity contribution in [3.8, 4) is 0 Å². The van der Waals surface area contributed by atoms with Gasteiger partial charge in [0.2, 0.25) is 0 Å². The second kappa shape index (κ2) is 5.51. The fourth-order valence-corrected chi connectivity index (χ4v) is 2.38. The number of hydrazine groups is 1. The van der Waals surface area contributed by atoms with Gasteiger partial charge in [0, 0.05) is 5.38 Å². The first-order chi connectivity index (χ1) is 8.60. The highest BCUT2D eigenvalue weighted by molar-refractivity contribution is 7.09. The van der Waals surface area contributed by atoms with Crippen LogP contribution in [0.4, 0.5) is 8.78 Å². The monoisotopic (exact) mass is 269 g/mol. The molecule has 0 saturated heterocycles. The maximum Gasteiger partial charge on any atom is 0.126 e. The minimum Gasteiger partial charge on any atom is -0.271 e. The third-order valence-electron chi connectivity index (χ3n) is 2.63. The third kappa shape index (κ3) is 2.90. The van der Waals surface area contributed by atoms with Crippen LogP contribution in [0, 0.1) is 18.6 Å². The number of halogens is 2. The SMILES string of the molecule is Cc1nc(C(Cc2cc(F)ccc2F)NN)cs1. The van der Waals surface area contributed by atoms with Crippen molar-refractivity contribution >= 4 is 11.3 Å². The molecule has 0 bridgehead atoms. The Balaban J connectivity index is 2.22. The molecule has 0 radical (unpaired) electrons. The zero-order valence-corrected chi connectivity index (χ0v) is 10.6. The summed E-state index contributed by atoms with van der Waals surface area (Å²) in [5.41, 5.74) is 3.60. The van der Waals surface area contributed by atoms with Crippen molar-refractivity contribution in [1.82, 2.24) is 10.4 Å². The average Bonchev–Trinajstić information content (AvgIpc) is 2.77. The number of nitrogens with one attached hydrogen (secondary N) is 1. The minimum absolute atomic E-state index is 0.253. The van der Waals surface area contributed by atoms with E-state index in [0.717, 1.165) is 22.8 Å². The first kappa shape index (κ1) is 13.1. The van der Waals surface area contributed by atoms with Crippen LogP contribution < -0.4 is 11.3 Å². The molecule has 1 aromatic carbocycles. The Morgan fingerprint density at radius 1 is 1.44 bits per heavy atom. The van der Waals surface area contributed by atoms with Gasteiger partial charge in [-0.15, -0.1) is 11.3 Å². The molecule has 96 valence electrons. The van der Waals surface area contributed by atoms with E-state index in [-0.39, 0.29) is 18.0 Å². The zero-order valence-electron chi connectivity index (χ0n) is 9.78. The standard InChI is InChI=1S/C12H13F2N3S/c1-7-16-12(6-18-7)11(17-15)5-8-4-9(13)2-3-10(8)14/h2-4,6,11,17H,5,15H2,1H3. The van der Waals surface area contributed by atoms with Gasteiger partial charge in [0.05, 0.1) is 16.7 Å². The van der Waals surface area contributed by atoms with E-state index < -0.39 is 11.6 Å². The number of hydrogen-bond donors (Lipinski definition) is 2. The summed E-state index contributed by atoms with van der Waals surface area (Å²) in [6.07, 6.45) is 0.253. The Hall–Kier alpha value is -1.37. The smallest absolute Gasteiger partial charge is 0.126 e. The van der Waals surface area contributed by atoms with Gasteiger partial charge in [0.25, 0.3) is 0 Å². The van der Waals surface area contributed by atoms with E-state index in [9.17, 15) is 8.78 Å². The predicted octanol–water partition coefficient (Wildman–Crippen LogP) is 2.48. The van der Waals surface area contributed by atoms with E-state index in [0.29, 0.717) is 0 Å². The van der Waals surface area contributed by atoms with Gasteiger partial charge in [-0.1, -0.05) is 0 Å². The average molecular weight is 269 g/mol. The number of nitrogens with two attached hydrogens (primary N) is 1. The van der Waals surface area contributed by atoms with Crippen LogP contribution in [0.25, 0.3) is 0 Å². The van der Waals surface area contributed by atoms with E-state index >= 15 is 0 Å². The highest BCUT2D eigenvalue weighted by Crippen LogP contribution is 2.21. The van der Waals surface area contributed by atoms with Gasteiger partial charge < -0.3 is 0 Å². The molecule has 2 aromatic rings. The Bertz CT molecular complexity index is 542. The predicted molar refractivity (Wildman–Crippen MR) is 67.0 cm³/mol.